The summed E-state index contributed by atoms with van der Waals surface area (Å²) >= 11 is 0. The highest BCUT2D eigenvalue weighted by atomic mass is 16.5. The summed E-state index contributed by atoms with van der Waals surface area (Å²) in [6, 6.07) is 11.7. The summed E-state index contributed by atoms with van der Waals surface area (Å²) in [5.41, 5.74) is 2.26. The molecule has 1 aliphatic heterocycles. The smallest absolute Gasteiger partial charge is 0.327 e. The van der Waals surface area contributed by atoms with Crippen molar-refractivity contribution in [2.45, 2.75) is 19.4 Å². The van der Waals surface area contributed by atoms with Crippen LogP contribution < -0.4 is 25.0 Å². The fourth-order valence-corrected chi connectivity index (χ4v) is 3.24. The van der Waals surface area contributed by atoms with Gasteiger partial charge in [0.25, 0.3) is 0 Å². The Morgan fingerprint density at radius 2 is 1.85 bits per heavy atom. The number of methoxy groups -OCH3 is 2. The van der Waals surface area contributed by atoms with E-state index in [9.17, 15) is 9.59 Å². The molecule has 0 bridgehead atoms. The molecular formula is C20H23N3O4. The van der Waals surface area contributed by atoms with Gasteiger partial charge in [-0.2, -0.15) is 0 Å². The average Bonchev–Trinajstić information content (AvgIpc) is 3.08. The van der Waals surface area contributed by atoms with Gasteiger partial charge in [0, 0.05) is 30.4 Å². The number of rotatable bonds is 5. The summed E-state index contributed by atoms with van der Waals surface area (Å²) in [6.45, 7) is 2.37. The molecule has 0 spiro atoms. The lowest BCUT2D eigenvalue weighted by atomic mass is 10.1. The van der Waals surface area contributed by atoms with Gasteiger partial charge >= 0.3 is 6.03 Å². The van der Waals surface area contributed by atoms with Crippen molar-refractivity contribution in [1.29, 1.82) is 0 Å². The number of para-hydroxylation sites is 1. The van der Waals surface area contributed by atoms with Crippen LogP contribution in [0.15, 0.2) is 42.5 Å². The largest absolute Gasteiger partial charge is 0.493 e. The van der Waals surface area contributed by atoms with Crippen molar-refractivity contribution in [1.82, 2.24) is 5.32 Å². The molecule has 142 valence electrons. The molecule has 1 unspecified atom stereocenters. The van der Waals surface area contributed by atoms with Crippen molar-refractivity contribution < 1.29 is 19.1 Å². The molecule has 27 heavy (non-hydrogen) atoms. The number of urea groups is 1. The maximum atomic E-state index is 13.0. The molecule has 0 aromatic heterocycles. The van der Waals surface area contributed by atoms with Crippen molar-refractivity contribution in [3.63, 3.8) is 0 Å². The quantitative estimate of drug-likeness (QED) is 0.849. The summed E-state index contributed by atoms with van der Waals surface area (Å²) in [6.07, 6.45) is 0.487. The Kier molecular flexibility index (Phi) is 5.49. The standard InChI is InChI=1S/C20H23N3O4/c1-4-21-19(24)16-11-13-7-5-6-8-15(13)23(16)20(25)22-14-9-10-17(26-2)18(12-14)27-3/h5-10,12,16H,4,11H2,1-3H3,(H,21,24)(H,22,25). The van der Waals surface area contributed by atoms with E-state index < -0.39 is 6.04 Å². The van der Waals surface area contributed by atoms with Gasteiger partial charge in [0.15, 0.2) is 11.5 Å². The lowest BCUT2D eigenvalue weighted by Gasteiger charge is -2.25. The van der Waals surface area contributed by atoms with Crippen molar-refractivity contribution >= 4 is 23.3 Å². The number of benzene rings is 2. The Labute approximate surface area is 158 Å². The van der Waals surface area contributed by atoms with Gasteiger partial charge in [-0.25, -0.2) is 4.79 Å². The van der Waals surface area contributed by atoms with Crippen LogP contribution in [0.25, 0.3) is 0 Å². The van der Waals surface area contributed by atoms with E-state index in [4.69, 9.17) is 9.47 Å². The first-order chi connectivity index (χ1) is 13.1. The number of carbonyl (C=O) groups is 2. The van der Waals surface area contributed by atoms with Crippen LogP contribution in [-0.4, -0.2) is 38.7 Å². The molecule has 0 saturated heterocycles. The lowest BCUT2D eigenvalue weighted by Crippen LogP contribution is -2.49. The predicted molar refractivity (Wildman–Crippen MR) is 104 cm³/mol. The summed E-state index contributed by atoms with van der Waals surface area (Å²) in [5.74, 6) is 0.913. The number of anilines is 2. The van der Waals surface area contributed by atoms with Crippen LogP contribution in [0.3, 0.4) is 0 Å². The Bertz CT molecular complexity index is 853. The van der Waals surface area contributed by atoms with Crippen LogP contribution in [-0.2, 0) is 11.2 Å². The molecule has 0 saturated carbocycles. The fraction of sp³-hybridized carbons (Fsp3) is 0.300. The van der Waals surface area contributed by atoms with E-state index in [0.717, 1.165) is 11.3 Å². The molecule has 1 aliphatic rings. The summed E-state index contributed by atoms with van der Waals surface area (Å²) < 4.78 is 10.5. The predicted octanol–water partition coefficient (Wildman–Crippen LogP) is 2.80. The van der Waals surface area contributed by atoms with E-state index in [-0.39, 0.29) is 11.9 Å². The van der Waals surface area contributed by atoms with Gasteiger partial charge in [0.2, 0.25) is 5.91 Å². The minimum Gasteiger partial charge on any atom is -0.493 e. The Balaban J connectivity index is 1.87. The summed E-state index contributed by atoms with van der Waals surface area (Å²) in [7, 11) is 3.08. The fourth-order valence-electron chi connectivity index (χ4n) is 3.24. The maximum Gasteiger partial charge on any atom is 0.327 e. The van der Waals surface area contributed by atoms with Crippen LogP contribution in [0.4, 0.5) is 16.2 Å². The van der Waals surface area contributed by atoms with Gasteiger partial charge in [-0.05, 0) is 30.7 Å². The van der Waals surface area contributed by atoms with E-state index in [1.54, 1.807) is 25.3 Å². The van der Waals surface area contributed by atoms with Crippen molar-refractivity contribution in [3.05, 3.63) is 48.0 Å². The molecule has 0 fully saturated rings. The molecule has 3 rings (SSSR count). The summed E-state index contributed by atoms with van der Waals surface area (Å²) in [4.78, 5) is 27.0. The monoisotopic (exact) mass is 369 g/mol. The second kappa shape index (κ2) is 7.99. The normalized spacial score (nSPS) is 15.1. The molecule has 7 nitrogen and oxygen atoms in total. The topological polar surface area (TPSA) is 79.9 Å². The zero-order valence-electron chi connectivity index (χ0n) is 15.6. The third-order valence-electron chi connectivity index (χ3n) is 4.48. The number of ether oxygens (including phenoxy) is 2. The van der Waals surface area contributed by atoms with E-state index in [1.165, 1.54) is 12.0 Å². The van der Waals surface area contributed by atoms with Gasteiger partial charge in [-0.3, -0.25) is 9.69 Å². The minimum atomic E-state index is -0.581. The van der Waals surface area contributed by atoms with Crippen molar-refractivity contribution in [3.8, 4) is 11.5 Å². The average molecular weight is 369 g/mol. The SMILES string of the molecule is CCNC(=O)C1Cc2ccccc2N1C(=O)Nc1ccc(OC)c(OC)c1. The van der Waals surface area contributed by atoms with E-state index >= 15 is 0 Å². The molecule has 7 heteroatoms. The Morgan fingerprint density at radius 1 is 1.11 bits per heavy atom. The van der Waals surface area contributed by atoms with Gasteiger partial charge in [-0.1, -0.05) is 18.2 Å². The first-order valence-corrected chi connectivity index (χ1v) is 8.76. The number of nitrogens with one attached hydrogen (secondary N) is 2. The number of carbonyl (C=O) groups excluding carboxylic acids is 2. The molecule has 2 aromatic rings. The zero-order chi connectivity index (χ0) is 19.4. The first kappa shape index (κ1) is 18.6. The van der Waals surface area contributed by atoms with Crippen molar-refractivity contribution in [2.24, 2.45) is 0 Å². The lowest BCUT2D eigenvalue weighted by molar-refractivity contribution is -0.122. The van der Waals surface area contributed by atoms with Crippen LogP contribution >= 0.6 is 0 Å². The second-order valence-corrected chi connectivity index (χ2v) is 6.11. The highest BCUT2D eigenvalue weighted by molar-refractivity contribution is 6.08. The molecule has 2 N–H and O–H groups in total. The molecule has 0 aliphatic carbocycles. The molecule has 1 heterocycles. The number of fused-ring (bicyclic) bond motifs is 1. The Hall–Kier alpha value is -3.22. The number of hydrogen-bond donors (Lipinski definition) is 2. The number of likely N-dealkylation sites (N-methyl/N-ethyl adjacent to an activating group) is 1. The van der Waals surface area contributed by atoms with Gasteiger partial charge in [0.1, 0.15) is 6.04 Å². The minimum absolute atomic E-state index is 0.170. The maximum absolute atomic E-state index is 13.0. The van der Waals surface area contributed by atoms with Crippen LogP contribution in [0.5, 0.6) is 11.5 Å². The highest BCUT2D eigenvalue weighted by Gasteiger charge is 2.38. The molecule has 1 atom stereocenters. The van der Waals surface area contributed by atoms with Gasteiger partial charge in [0.05, 0.1) is 14.2 Å². The summed E-state index contributed by atoms with van der Waals surface area (Å²) in [5, 5.41) is 5.66. The Morgan fingerprint density at radius 3 is 2.56 bits per heavy atom. The molecule has 2 aromatic carbocycles. The van der Waals surface area contributed by atoms with Crippen LogP contribution in [0.1, 0.15) is 12.5 Å². The third kappa shape index (κ3) is 3.67. The van der Waals surface area contributed by atoms with Gasteiger partial charge in [-0.15, -0.1) is 0 Å². The molecule has 0 radical (unpaired) electrons. The molecular weight excluding hydrogens is 346 g/mol. The number of amides is 3. The van der Waals surface area contributed by atoms with E-state index in [2.05, 4.69) is 10.6 Å². The highest BCUT2D eigenvalue weighted by Crippen LogP contribution is 2.34. The number of nitrogens with zero attached hydrogens (tertiary/aromatic N) is 1. The molecule has 3 amide bonds. The first-order valence-electron chi connectivity index (χ1n) is 8.76. The third-order valence-corrected chi connectivity index (χ3v) is 4.48. The van der Waals surface area contributed by atoms with Crippen LogP contribution in [0, 0.1) is 0 Å². The van der Waals surface area contributed by atoms with Gasteiger partial charge < -0.3 is 20.1 Å². The van der Waals surface area contributed by atoms with E-state index in [1.807, 2.05) is 31.2 Å². The van der Waals surface area contributed by atoms with E-state index in [0.29, 0.717) is 30.2 Å². The second-order valence-electron chi connectivity index (χ2n) is 6.11. The van der Waals surface area contributed by atoms with Crippen LogP contribution in [0.2, 0.25) is 0 Å². The van der Waals surface area contributed by atoms with Crippen molar-refractivity contribution in [2.75, 3.05) is 31.0 Å². The zero-order valence-corrected chi connectivity index (χ0v) is 15.6. The number of hydrogen-bond acceptors (Lipinski definition) is 4.